The number of H-pyrrole nitrogens is 1. The van der Waals surface area contributed by atoms with Crippen molar-refractivity contribution in [3.8, 4) is 17.2 Å². The summed E-state index contributed by atoms with van der Waals surface area (Å²) in [5.74, 6) is -0.421. The molecule has 0 aliphatic carbocycles. The first-order valence-electron chi connectivity index (χ1n) is 5.13. The summed E-state index contributed by atoms with van der Waals surface area (Å²) in [6.45, 7) is 0. The largest absolute Gasteiger partial charge is 0.464 e. The van der Waals surface area contributed by atoms with Crippen LogP contribution in [0.2, 0.25) is 0 Å². The van der Waals surface area contributed by atoms with E-state index in [2.05, 4.69) is 31.7 Å². The van der Waals surface area contributed by atoms with Gasteiger partial charge in [-0.05, 0) is 39.7 Å². The average Bonchev–Trinajstić information content (AvgIpc) is 2.80. The SMILES string of the molecule is COC(=O)c1cc(-c2ccc(C#N)cc2)c(Br)[nH]1. The Labute approximate surface area is 112 Å². The fraction of sp³-hybridized carbons (Fsp3) is 0.0769. The summed E-state index contributed by atoms with van der Waals surface area (Å²) in [6, 6.07) is 10.9. The van der Waals surface area contributed by atoms with Crippen LogP contribution in [0, 0.1) is 11.3 Å². The molecule has 0 saturated heterocycles. The molecule has 0 fully saturated rings. The molecule has 0 aliphatic rings. The highest BCUT2D eigenvalue weighted by atomic mass is 79.9. The second-order valence-electron chi connectivity index (χ2n) is 3.59. The number of aromatic nitrogens is 1. The van der Waals surface area contributed by atoms with E-state index in [1.54, 1.807) is 18.2 Å². The number of hydrogen-bond acceptors (Lipinski definition) is 3. The van der Waals surface area contributed by atoms with Crippen LogP contribution < -0.4 is 0 Å². The summed E-state index contributed by atoms with van der Waals surface area (Å²) in [6.07, 6.45) is 0. The van der Waals surface area contributed by atoms with Crippen LogP contribution >= 0.6 is 15.9 Å². The van der Waals surface area contributed by atoms with Crippen LogP contribution in [-0.4, -0.2) is 18.1 Å². The number of carbonyl (C=O) groups is 1. The number of rotatable bonds is 2. The first-order valence-corrected chi connectivity index (χ1v) is 5.92. The smallest absolute Gasteiger partial charge is 0.354 e. The highest BCUT2D eigenvalue weighted by Crippen LogP contribution is 2.29. The van der Waals surface area contributed by atoms with Gasteiger partial charge in [0.15, 0.2) is 0 Å². The van der Waals surface area contributed by atoms with E-state index in [4.69, 9.17) is 5.26 Å². The molecule has 4 nitrogen and oxygen atoms in total. The molecule has 18 heavy (non-hydrogen) atoms. The molecule has 0 amide bonds. The molecule has 2 aromatic rings. The monoisotopic (exact) mass is 304 g/mol. The molecule has 0 unspecified atom stereocenters. The molecule has 5 heteroatoms. The Balaban J connectivity index is 2.41. The lowest BCUT2D eigenvalue weighted by Crippen LogP contribution is -2.00. The van der Waals surface area contributed by atoms with Crippen LogP contribution in [0.3, 0.4) is 0 Å². The molecule has 0 atom stereocenters. The zero-order valence-electron chi connectivity index (χ0n) is 9.53. The van der Waals surface area contributed by atoms with Crippen molar-refractivity contribution < 1.29 is 9.53 Å². The minimum absolute atomic E-state index is 0.378. The predicted octanol–water partition coefficient (Wildman–Crippen LogP) is 3.10. The standard InChI is InChI=1S/C13H9BrN2O2/c1-18-13(17)11-6-10(12(14)16-11)9-4-2-8(7-15)3-5-9/h2-6,16H,1H3. The first kappa shape index (κ1) is 12.4. The molecule has 1 heterocycles. The van der Waals surface area contributed by atoms with E-state index in [0.717, 1.165) is 11.1 Å². The molecule has 1 N–H and O–H groups in total. The van der Waals surface area contributed by atoms with Gasteiger partial charge in [0.25, 0.3) is 0 Å². The van der Waals surface area contributed by atoms with Crippen LogP contribution in [0.5, 0.6) is 0 Å². The minimum atomic E-state index is -0.421. The van der Waals surface area contributed by atoms with E-state index in [1.807, 2.05) is 12.1 Å². The second kappa shape index (κ2) is 5.07. The molecular weight excluding hydrogens is 296 g/mol. The molecule has 1 aromatic carbocycles. The van der Waals surface area contributed by atoms with E-state index in [1.165, 1.54) is 7.11 Å². The molecule has 0 saturated carbocycles. The number of esters is 1. The Kier molecular flexibility index (Phi) is 3.49. The predicted molar refractivity (Wildman–Crippen MR) is 70.0 cm³/mol. The van der Waals surface area contributed by atoms with Crippen molar-refractivity contribution in [3.05, 3.63) is 46.2 Å². The third-order valence-corrected chi connectivity index (χ3v) is 3.13. The number of nitrogens with zero attached hydrogens (tertiary/aromatic N) is 1. The fourth-order valence-electron chi connectivity index (χ4n) is 1.58. The third-order valence-electron chi connectivity index (χ3n) is 2.50. The summed E-state index contributed by atoms with van der Waals surface area (Å²) in [5, 5.41) is 8.74. The van der Waals surface area contributed by atoms with E-state index in [9.17, 15) is 4.79 Å². The molecule has 0 radical (unpaired) electrons. The molecule has 2 rings (SSSR count). The Bertz CT molecular complexity index is 623. The lowest BCUT2D eigenvalue weighted by Gasteiger charge is -1.98. The van der Waals surface area contributed by atoms with E-state index in [-0.39, 0.29) is 0 Å². The number of hydrogen-bond donors (Lipinski definition) is 1. The van der Waals surface area contributed by atoms with Gasteiger partial charge >= 0.3 is 5.97 Å². The van der Waals surface area contributed by atoms with Gasteiger partial charge in [0.2, 0.25) is 0 Å². The van der Waals surface area contributed by atoms with Gasteiger partial charge in [0.05, 0.1) is 23.3 Å². The second-order valence-corrected chi connectivity index (χ2v) is 4.38. The van der Waals surface area contributed by atoms with Crippen molar-refractivity contribution in [2.24, 2.45) is 0 Å². The number of carbonyl (C=O) groups excluding carboxylic acids is 1. The van der Waals surface area contributed by atoms with Crippen LogP contribution in [0.4, 0.5) is 0 Å². The average molecular weight is 305 g/mol. The number of nitrogens with one attached hydrogen (secondary N) is 1. The third kappa shape index (κ3) is 2.29. The van der Waals surface area contributed by atoms with Crippen molar-refractivity contribution in [2.75, 3.05) is 7.11 Å². The van der Waals surface area contributed by atoms with Crippen LogP contribution in [0.15, 0.2) is 34.9 Å². The van der Waals surface area contributed by atoms with Gasteiger partial charge in [-0.1, -0.05) is 12.1 Å². The van der Waals surface area contributed by atoms with Crippen molar-refractivity contribution in [2.45, 2.75) is 0 Å². The topological polar surface area (TPSA) is 65.9 Å². The van der Waals surface area contributed by atoms with E-state index < -0.39 is 5.97 Å². The maximum Gasteiger partial charge on any atom is 0.354 e. The summed E-state index contributed by atoms with van der Waals surface area (Å²) in [5.41, 5.74) is 2.73. The summed E-state index contributed by atoms with van der Waals surface area (Å²) in [4.78, 5) is 14.3. The number of ether oxygens (including phenoxy) is 1. The number of aromatic amines is 1. The number of benzene rings is 1. The highest BCUT2D eigenvalue weighted by molar-refractivity contribution is 9.10. The van der Waals surface area contributed by atoms with Gasteiger partial charge in [0.1, 0.15) is 5.69 Å². The van der Waals surface area contributed by atoms with Gasteiger partial charge in [-0.3, -0.25) is 0 Å². The maximum atomic E-state index is 11.4. The quantitative estimate of drug-likeness (QED) is 0.867. The van der Waals surface area contributed by atoms with Gasteiger partial charge in [0, 0.05) is 5.56 Å². The zero-order chi connectivity index (χ0) is 13.1. The van der Waals surface area contributed by atoms with Crippen molar-refractivity contribution in [1.82, 2.24) is 4.98 Å². The molecule has 0 spiro atoms. The number of methoxy groups -OCH3 is 1. The van der Waals surface area contributed by atoms with Gasteiger partial charge < -0.3 is 9.72 Å². The lowest BCUT2D eigenvalue weighted by molar-refractivity contribution is 0.0594. The maximum absolute atomic E-state index is 11.4. The van der Waals surface area contributed by atoms with Crippen LogP contribution in [0.1, 0.15) is 16.1 Å². The minimum Gasteiger partial charge on any atom is -0.464 e. The van der Waals surface area contributed by atoms with E-state index >= 15 is 0 Å². The Morgan fingerprint density at radius 3 is 2.61 bits per heavy atom. The Morgan fingerprint density at radius 1 is 1.39 bits per heavy atom. The normalized spacial score (nSPS) is 9.83. The molecule has 0 bridgehead atoms. The lowest BCUT2D eigenvalue weighted by atomic mass is 10.1. The highest BCUT2D eigenvalue weighted by Gasteiger charge is 2.13. The van der Waals surface area contributed by atoms with Gasteiger partial charge in [-0.2, -0.15) is 5.26 Å². The Morgan fingerprint density at radius 2 is 2.06 bits per heavy atom. The van der Waals surface area contributed by atoms with Gasteiger partial charge in [-0.25, -0.2) is 4.79 Å². The zero-order valence-corrected chi connectivity index (χ0v) is 11.1. The van der Waals surface area contributed by atoms with E-state index in [0.29, 0.717) is 15.9 Å². The van der Waals surface area contributed by atoms with Crippen LogP contribution in [-0.2, 0) is 4.74 Å². The van der Waals surface area contributed by atoms with Gasteiger partial charge in [-0.15, -0.1) is 0 Å². The van der Waals surface area contributed by atoms with Crippen LogP contribution in [0.25, 0.3) is 11.1 Å². The molecule has 1 aromatic heterocycles. The Hall–Kier alpha value is -2.06. The number of halogens is 1. The summed E-state index contributed by atoms with van der Waals surface area (Å²) in [7, 11) is 1.33. The van der Waals surface area contributed by atoms with Crippen molar-refractivity contribution >= 4 is 21.9 Å². The number of nitriles is 1. The summed E-state index contributed by atoms with van der Waals surface area (Å²) < 4.78 is 5.34. The fourth-order valence-corrected chi connectivity index (χ4v) is 2.14. The molecular formula is C13H9BrN2O2. The van der Waals surface area contributed by atoms with Crippen molar-refractivity contribution in [1.29, 1.82) is 5.26 Å². The summed E-state index contributed by atoms with van der Waals surface area (Å²) >= 11 is 3.36. The van der Waals surface area contributed by atoms with Crippen molar-refractivity contribution in [3.63, 3.8) is 0 Å². The first-order chi connectivity index (χ1) is 8.65. The molecule has 0 aliphatic heterocycles. The molecule has 90 valence electrons.